The van der Waals surface area contributed by atoms with Crippen molar-refractivity contribution in [2.75, 3.05) is 10.2 Å². The summed E-state index contributed by atoms with van der Waals surface area (Å²) >= 11 is 3.46. The highest BCUT2D eigenvalue weighted by molar-refractivity contribution is 9.10. The molecule has 3 heteroatoms. The van der Waals surface area contributed by atoms with E-state index in [1.54, 1.807) is 0 Å². The van der Waals surface area contributed by atoms with Crippen molar-refractivity contribution >= 4 is 131 Å². The van der Waals surface area contributed by atoms with E-state index in [9.17, 15) is 0 Å². The Hall–Kier alpha value is -11.9. The fourth-order valence-electron chi connectivity index (χ4n) is 13.7. The molecule has 0 amide bonds. The van der Waals surface area contributed by atoms with Gasteiger partial charge in [-0.25, -0.2) is 0 Å². The van der Waals surface area contributed by atoms with Crippen molar-refractivity contribution in [1.82, 2.24) is 0 Å². The van der Waals surface area contributed by atoms with Gasteiger partial charge in [-0.15, -0.1) is 0 Å². The summed E-state index contributed by atoms with van der Waals surface area (Å²) in [7, 11) is 0. The summed E-state index contributed by atoms with van der Waals surface area (Å²) in [5.41, 5.74) is 15.4. The predicted molar refractivity (Wildman–Crippen MR) is 413 cm³/mol. The topological polar surface area (TPSA) is 15.3 Å². The third-order valence-corrected chi connectivity index (χ3v) is 18.8. The van der Waals surface area contributed by atoms with Crippen LogP contribution in [0.25, 0.3) is 131 Å². The molecule has 18 aromatic rings. The molecule has 2 nitrogen and oxygen atoms in total. The Morgan fingerprint density at radius 1 is 0.189 bits per heavy atom. The van der Waals surface area contributed by atoms with Crippen LogP contribution in [-0.2, 0) is 0 Å². The number of nitrogens with zero attached hydrogens (tertiary/aromatic N) is 1. The van der Waals surface area contributed by atoms with Crippen LogP contribution in [-0.4, -0.2) is 0 Å². The normalized spacial score (nSPS) is 11.2. The zero-order chi connectivity index (χ0) is 63.4. The lowest BCUT2D eigenvalue weighted by molar-refractivity contribution is 1.29. The van der Waals surface area contributed by atoms with Gasteiger partial charge < -0.3 is 10.2 Å². The van der Waals surface area contributed by atoms with Crippen molar-refractivity contribution in [2.45, 2.75) is 0 Å². The number of anilines is 5. The SMILES string of the molecule is Brc1cccc(-c2ccccc2)c1.c1ccc(-c2cccc(N(c3ccc(-c4cc5ccccc5c5ccccc45)cc3)c3ccc4ccc5ccccc5c4c3)c2)cc1.c1ccc2c(c1)ccc1ccc(Nc3ccc(-c4cc5ccccc5c5ccccc45)cc3)cc12. The van der Waals surface area contributed by atoms with E-state index in [1.165, 1.54) is 131 Å². The molecule has 0 aliphatic carbocycles. The maximum Gasteiger partial charge on any atom is 0.0468 e. The molecule has 448 valence electrons. The third kappa shape index (κ3) is 11.9. The predicted octanol–water partition coefficient (Wildman–Crippen LogP) is 26.9. The Balaban J connectivity index is 0.000000129. The largest absolute Gasteiger partial charge is 0.356 e. The molecular formula is C92H63BrN2. The number of hydrogen-bond acceptors (Lipinski definition) is 2. The fourth-order valence-corrected chi connectivity index (χ4v) is 14.1. The van der Waals surface area contributed by atoms with Crippen molar-refractivity contribution < 1.29 is 0 Å². The highest BCUT2D eigenvalue weighted by Gasteiger charge is 2.17. The average Bonchev–Trinajstić information content (AvgIpc) is 0.800. The van der Waals surface area contributed by atoms with E-state index in [1.807, 2.05) is 18.2 Å². The third-order valence-electron chi connectivity index (χ3n) is 18.3. The van der Waals surface area contributed by atoms with Gasteiger partial charge in [-0.3, -0.25) is 0 Å². The van der Waals surface area contributed by atoms with Gasteiger partial charge in [0.15, 0.2) is 0 Å². The van der Waals surface area contributed by atoms with Gasteiger partial charge in [-0.2, -0.15) is 0 Å². The first-order valence-corrected chi connectivity index (χ1v) is 33.2. The van der Waals surface area contributed by atoms with E-state index in [4.69, 9.17) is 0 Å². The number of benzene rings is 18. The Labute approximate surface area is 562 Å². The van der Waals surface area contributed by atoms with E-state index in [-0.39, 0.29) is 0 Å². The first kappa shape index (κ1) is 58.2. The van der Waals surface area contributed by atoms with Crippen molar-refractivity contribution in [3.05, 3.63) is 381 Å². The number of rotatable bonds is 9. The molecule has 0 aromatic heterocycles. The molecule has 0 aliphatic rings. The number of halogens is 1. The van der Waals surface area contributed by atoms with Crippen LogP contribution in [0.4, 0.5) is 28.4 Å². The van der Waals surface area contributed by atoms with Crippen LogP contribution in [0, 0.1) is 0 Å². The van der Waals surface area contributed by atoms with Crippen molar-refractivity contribution in [3.8, 4) is 44.5 Å². The van der Waals surface area contributed by atoms with Gasteiger partial charge in [-0.1, -0.05) is 307 Å². The second kappa shape index (κ2) is 26.0. The smallest absolute Gasteiger partial charge is 0.0468 e. The summed E-state index contributed by atoms with van der Waals surface area (Å²) in [4.78, 5) is 2.38. The van der Waals surface area contributed by atoms with Crippen LogP contribution in [0.5, 0.6) is 0 Å². The molecule has 0 saturated carbocycles. The summed E-state index contributed by atoms with van der Waals surface area (Å²) in [6.07, 6.45) is 0. The van der Waals surface area contributed by atoms with Gasteiger partial charge in [0.2, 0.25) is 0 Å². The monoisotopic (exact) mass is 1270 g/mol. The maximum atomic E-state index is 3.61. The van der Waals surface area contributed by atoms with Gasteiger partial charge in [0.05, 0.1) is 0 Å². The Morgan fingerprint density at radius 2 is 0.547 bits per heavy atom. The van der Waals surface area contributed by atoms with Crippen LogP contribution in [0.3, 0.4) is 0 Å². The lowest BCUT2D eigenvalue weighted by Crippen LogP contribution is -2.10. The standard InChI is InChI=1S/C46H31N.C34H23N.C12H9Br/c1-2-11-32(12-3-1)36-15-10-16-39(29-36)47(40-28-25-34-22-21-33-13-4-6-17-41(33)46(34)31-40)38-26-23-35(24-27-38)45-30-37-14-5-7-18-42(37)43-19-8-9-20-44(43)45;1-3-9-29-23(7-1)13-14-24-17-20-28(22-34(24)29)35-27-18-15-25(16-19-27)33-21-26-8-2-4-10-30(26)31-11-5-6-12-32(31)33;13-12-8-4-7-11(9-12)10-5-2-1-3-6-10/h1-31H;1-22,35H;1-9H. The van der Waals surface area contributed by atoms with Gasteiger partial charge in [0, 0.05) is 32.9 Å². The van der Waals surface area contributed by atoms with Gasteiger partial charge in [-0.05, 0) is 216 Å². The van der Waals surface area contributed by atoms with E-state index in [2.05, 4.69) is 384 Å². The molecule has 0 atom stereocenters. The molecule has 0 bridgehead atoms. The highest BCUT2D eigenvalue weighted by Crippen LogP contribution is 2.43. The second-order valence-corrected chi connectivity index (χ2v) is 25.1. The van der Waals surface area contributed by atoms with Crippen molar-refractivity contribution in [3.63, 3.8) is 0 Å². The Kier molecular flexibility index (Phi) is 15.9. The minimum Gasteiger partial charge on any atom is -0.356 e. The summed E-state index contributed by atoms with van der Waals surface area (Å²) in [6.45, 7) is 0. The molecule has 18 rings (SSSR count). The highest BCUT2D eigenvalue weighted by atomic mass is 79.9. The molecule has 0 saturated heterocycles. The van der Waals surface area contributed by atoms with Crippen LogP contribution in [0.15, 0.2) is 381 Å². The van der Waals surface area contributed by atoms with Crippen LogP contribution >= 0.6 is 15.9 Å². The van der Waals surface area contributed by atoms with Gasteiger partial charge in [0.1, 0.15) is 0 Å². The zero-order valence-corrected chi connectivity index (χ0v) is 53.7. The Bertz CT molecular complexity index is 5820. The number of hydrogen-bond donors (Lipinski definition) is 1. The lowest BCUT2D eigenvalue weighted by atomic mass is 9.93. The molecule has 0 aliphatic heterocycles. The summed E-state index contributed by atoms with van der Waals surface area (Å²) in [6, 6.07) is 135. The molecule has 0 spiro atoms. The summed E-state index contributed by atoms with van der Waals surface area (Å²) in [5.74, 6) is 0. The maximum absolute atomic E-state index is 3.61. The van der Waals surface area contributed by atoms with E-state index < -0.39 is 0 Å². The van der Waals surface area contributed by atoms with E-state index in [0.29, 0.717) is 0 Å². The fraction of sp³-hybridized carbons (Fsp3) is 0. The van der Waals surface area contributed by atoms with Crippen molar-refractivity contribution in [1.29, 1.82) is 0 Å². The summed E-state index contributed by atoms with van der Waals surface area (Å²) in [5, 5.41) is 24.0. The van der Waals surface area contributed by atoms with Crippen LogP contribution in [0.2, 0.25) is 0 Å². The minimum atomic E-state index is 1.08. The second-order valence-electron chi connectivity index (χ2n) is 24.2. The lowest BCUT2D eigenvalue weighted by Gasteiger charge is -2.27. The Morgan fingerprint density at radius 3 is 1.07 bits per heavy atom. The van der Waals surface area contributed by atoms with Crippen LogP contribution < -0.4 is 10.2 Å². The quantitative estimate of drug-likeness (QED) is 0.145. The average molecular weight is 1280 g/mol. The molecule has 95 heavy (non-hydrogen) atoms. The molecule has 0 unspecified atom stereocenters. The van der Waals surface area contributed by atoms with Gasteiger partial charge in [0.25, 0.3) is 0 Å². The molecule has 0 fully saturated rings. The van der Waals surface area contributed by atoms with Gasteiger partial charge >= 0.3 is 0 Å². The van der Waals surface area contributed by atoms with E-state index >= 15 is 0 Å². The molecule has 18 aromatic carbocycles. The molecule has 0 radical (unpaired) electrons. The molecule has 0 heterocycles. The van der Waals surface area contributed by atoms with Crippen LogP contribution in [0.1, 0.15) is 0 Å². The van der Waals surface area contributed by atoms with Crippen molar-refractivity contribution in [2.24, 2.45) is 0 Å². The number of nitrogens with one attached hydrogen (secondary N) is 1. The zero-order valence-electron chi connectivity index (χ0n) is 52.1. The first-order chi connectivity index (χ1) is 47.0. The molecule has 1 N–H and O–H groups in total. The molecular weight excluding hydrogens is 1210 g/mol. The summed E-state index contributed by atoms with van der Waals surface area (Å²) < 4.78 is 1.12. The first-order valence-electron chi connectivity index (χ1n) is 32.4. The minimum absolute atomic E-state index is 1.08. The number of fused-ring (bicyclic) bond motifs is 12. The van der Waals surface area contributed by atoms with E-state index in [0.717, 1.165) is 32.9 Å².